The minimum atomic E-state index is 0.341. The third kappa shape index (κ3) is 4.11. The van der Waals surface area contributed by atoms with E-state index in [0.717, 1.165) is 44.8 Å². The van der Waals surface area contributed by atoms with Crippen molar-refractivity contribution in [3.8, 4) is 5.75 Å². The lowest BCUT2D eigenvalue weighted by molar-refractivity contribution is 0.181. The molecule has 1 aromatic carbocycles. The van der Waals surface area contributed by atoms with Gasteiger partial charge < -0.3 is 14.8 Å². The Morgan fingerprint density at radius 1 is 1.50 bits per heavy atom. The summed E-state index contributed by atoms with van der Waals surface area (Å²) in [5.41, 5.74) is 1.24. The normalized spacial score (nSPS) is 20.1. The lowest BCUT2D eigenvalue weighted by atomic mass is 9.94. The fraction of sp³-hybridized carbons (Fsp3) is 0.625. The second-order valence-corrected chi connectivity index (χ2v) is 5.77. The van der Waals surface area contributed by atoms with E-state index in [9.17, 15) is 0 Å². The molecule has 0 spiro atoms. The monoisotopic (exact) mass is 297 g/mol. The Labute approximate surface area is 126 Å². The first-order valence-corrected chi connectivity index (χ1v) is 7.77. The van der Waals surface area contributed by atoms with Crippen LogP contribution in [0.25, 0.3) is 0 Å². The van der Waals surface area contributed by atoms with Crippen molar-refractivity contribution in [2.75, 3.05) is 26.9 Å². The molecule has 2 rings (SSSR count). The van der Waals surface area contributed by atoms with Gasteiger partial charge in [0.05, 0.1) is 12.1 Å². The highest BCUT2D eigenvalue weighted by molar-refractivity contribution is 6.32. The Balaban J connectivity index is 2.11. The summed E-state index contributed by atoms with van der Waals surface area (Å²) in [6, 6.07) is 6.40. The number of methoxy groups -OCH3 is 1. The van der Waals surface area contributed by atoms with Crippen LogP contribution < -0.4 is 10.1 Å². The zero-order chi connectivity index (χ0) is 14.4. The number of rotatable bonds is 7. The second-order valence-electron chi connectivity index (χ2n) is 5.37. The first-order valence-electron chi connectivity index (χ1n) is 7.39. The van der Waals surface area contributed by atoms with Crippen LogP contribution in [0.15, 0.2) is 18.2 Å². The van der Waals surface area contributed by atoms with Gasteiger partial charge in [0.15, 0.2) is 0 Å². The summed E-state index contributed by atoms with van der Waals surface area (Å²) < 4.78 is 10.8. The molecule has 0 amide bonds. The molecule has 2 unspecified atom stereocenters. The maximum Gasteiger partial charge on any atom is 0.137 e. The predicted octanol–water partition coefficient (Wildman–Crippen LogP) is 3.82. The summed E-state index contributed by atoms with van der Waals surface area (Å²) in [4.78, 5) is 0. The van der Waals surface area contributed by atoms with Gasteiger partial charge in [-0.2, -0.15) is 0 Å². The number of ether oxygens (including phenoxy) is 2. The van der Waals surface area contributed by atoms with Crippen LogP contribution in [0.2, 0.25) is 5.02 Å². The predicted molar refractivity (Wildman–Crippen MR) is 82.6 cm³/mol. The highest BCUT2D eigenvalue weighted by atomic mass is 35.5. The molecule has 1 aliphatic heterocycles. The van der Waals surface area contributed by atoms with Crippen LogP contribution in [-0.4, -0.2) is 26.9 Å². The van der Waals surface area contributed by atoms with E-state index in [2.05, 4.69) is 18.3 Å². The van der Waals surface area contributed by atoms with E-state index >= 15 is 0 Å². The largest absolute Gasteiger partial charge is 0.495 e. The maximum atomic E-state index is 6.11. The molecule has 20 heavy (non-hydrogen) atoms. The van der Waals surface area contributed by atoms with E-state index in [4.69, 9.17) is 21.1 Å². The van der Waals surface area contributed by atoms with Crippen LogP contribution in [0.5, 0.6) is 5.75 Å². The van der Waals surface area contributed by atoms with E-state index in [1.165, 1.54) is 5.56 Å². The number of hydrogen-bond donors (Lipinski definition) is 1. The smallest absolute Gasteiger partial charge is 0.137 e. The maximum absolute atomic E-state index is 6.11. The highest BCUT2D eigenvalue weighted by Gasteiger charge is 2.22. The number of halogens is 1. The van der Waals surface area contributed by atoms with Crippen molar-refractivity contribution in [2.24, 2.45) is 5.92 Å². The van der Waals surface area contributed by atoms with Crippen molar-refractivity contribution in [1.82, 2.24) is 5.32 Å². The van der Waals surface area contributed by atoms with Gasteiger partial charge in [-0.15, -0.1) is 0 Å². The SMILES string of the molecule is CCCNC(CC1CCOC1)c1ccc(Cl)c(OC)c1. The first-order chi connectivity index (χ1) is 9.74. The van der Waals surface area contributed by atoms with Crippen LogP contribution in [0.1, 0.15) is 37.8 Å². The standard InChI is InChI=1S/C16H24ClNO2/c1-3-7-18-15(9-12-6-8-20-11-12)13-4-5-14(17)16(10-13)19-2/h4-5,10,12,15,18H,3,6-9,11H2,1-2H3. The van der Waals surface area contributed by atoms with Gasteiger partial charge in [-0.3, -0.25) is 0 Å². The van der Waals surface area contributed by atoms with Gasteiger partial charge in [0, 0.05) is 19.3 Å². The van der Waals surface area contributed by atoms with Gasteiger partial charge >= 0.3 is 0 Å². The molecule has 0 bridgehead atoms. The zero-order valence-corrected chi connectivity index (χ0v) is 13.1. The van der Waals surface area contributed by atoms with Gasteiger partial charge in [-0.1, -0.05) is 24.6 Å². The van der Waals surface area contributed by atoms with Gasteiger partial charge in [-0.25, -0.2) is 0 Å². The molecule has 0 radical (unpaired) electrons. The molecule has 1 aliphatic rings. The summed E-state index contributed by atoms with van der Waals surface area (Å²) in [5.74, 6) is 1.39. The molecule has 3 nitrogen and oxygen atoms in total. The minimum absolute atomic E-state index is 0.341. The van der Waals surface area contributed by atoms with Crippen molar-refractivity contribution in [3.05, 3.63) is 28.8 Å². The van der Waals surface area contributed by atoms with Gasteiger partial charge in [-0.05, 0) is 49.4 Å². The van der Waals surface area contributed by atoms with Crippen molar-refractivity contribution in [2.45, 2.75) is 32.2 Å². The Kier molecular flexibility index (Phi) is 6.14. The van der Waals surface area contributed by atoms with E-state index in [1.807, 2.05) is 12.1 Å². The van der Waals surface area contributed by atoms with Crippen LogP contribution in [0, 0.1) is 5.92 Å². The molecule has 0 aliphatic carbocycles. The highest BCUT2D eigenvalue weighted by Crippen LogP contribution is 2.31. The van der Waals surface area contributed by atoms with Crippen molar-refractivity contribution in [3.63, 3.8) is 0 Å². The van der Waals surface area contributed by atoms with Crippen molar-refractivity contribution in [1.29, 1.82) is 0 Å². The Morgan fingerprint density at radius 2 is 2.35 bits per heavy atom. The summed E-state index contributed by atoms with van der Waals surface area (Å²) in [6.07, 6.45) is 3.39. The Hall–Kier alpha value is -0.770. The third-order valence-corrected chi connectivity index (χ3v) is 4.12. The van der Waals surface area contributed by atoms with Crippen molar-refractivity contribution >= 4 is 11.6 Å². The summed E-state index contributed by atoms with van der Waals surface area (Å²) >= 11 is 6.11. The lowest BCUT2D eigenvalue weighted by Crippen LogP contribution is -2.24. The van der Waals surface area contributed by atoms with Crippen LogP contribution in [0.3, 0.4) is 0 Å². The topological polar surface area (TPSA) is 30.5 Å². The van der Waals surface area contributed by atoms with E-state index in [1.54, 1.807) is 7.11 Å². The summed E-state index contributed by atoms with van der Waals surface area (Å²) in [6.45, 7) is 4.98. The average molecular weight is 298 g/mol. The molecule has 1 N–H and O–H groups in total. The summed E-state index contributed by atoms with van der Waals surface area (Å²) in [5, 5.41) is 4.29. The molecular weight excluding hydrogens is 274 g/mol. The van der Waals surface area contributed by atoms with Crippen LogP contribution in [-0.2, 0) is 4.74 Å². The molecular formula is C16H24ClNO2. The van der Waals surface area contributed by atoms with Crippen LogP contribution >= 0.6 is 11.6 Å². The van der Waals surface area contributed by atoms with Crippen molar-refractivity contribution < 1.29 is 9.47 Å². The van der Waals surface area contributed by atoms with Gasteiger partial charge in [0.2, 0.25) is 0 Å². The fourth-order valence-corrected chi connectivity index (χ4v) is 2.85. The van der Waals surface area contributed by atoms with E-state index < -0.39 is 0 Å². The van der Waals surface area contributed by atoms with Gasteiger partial charge in [0.1, 0.15) is 5.75 Å². The molecule has 1 heterocycles. The fourth-order valence-electron chi connectivity index (χ4n) is 2.65. The Bertz CT molecular complexity index is 419. The Morgan fingerprint density at radius 3 is 3.00 bits per heavy atom. The minimum Gasteiger partial charge on any atom is -0.495 e. The number of benzene rings is 1. The molecule has 2 atom stereocenters. The first kappa shape index (κ1) is 15.6. The van der Waals surface area contributed by atoms with E-state index in [0.29, 0.717) is 17.0 Å². The molecule has 4 heteroatoms. The number of hydrogen-bond acceptors (Lipinski definition) is 3. The molecule has 1 aromatic rings. The van der Waals surface area contributed by atoms with E-state index in [-0.39, 0.29) is 0 Å². The van der Waals surface area contributed by atoms with Crippen LogP contribution in [0.4, 0.5) is 0 Å². The molecule has 1 saturated heterocycles. The summed E-state index contributed by atoms with van der Waals surface area (Å²) in [7, 11) is 1.66. The second kappa shape index (κ2) is 7.87. The third-order valence-electron chi connectivity index (χ3n) is 3.81. The molecule has 1 fully saturated rings. The lowest BCUT2D eigenvalue weighted by Gasteiger charge is -2.22. The average Bonchev–Trinajstić information content (AvgIpc) is 2.97. The van der Waals surface area contributed by atoms with Gasteiger partial charge in [0.25, 0.3) is 0 Å². The molecule has 0 saturated carbocycles. The number of nitrogens with one attached hydrogen (secondary N) is 1. The quantitative estimate of drug-likeness (QED) is 0.830. The molecule has 0 aromatic heterocycles. The zero-order valence-electron chi connectivity index (χ0n) is 12.3. The molecule has 112 valence electrons.